The van der Waals surface area contributed by atoms with Crippen LogP contribution in [0.3, 0.4) is 0 Å². The van der Waals surface area contributed by atoms with Gasteiger partial charge in [0.25, 0.3) is 0 Å². The molecule has 2 aromatic rings. The summed E-state index contributed by atoms with van der Waals surface area (Å²) in [6.45, 7) is 5.57. The van der Waals surface area contributed by atoms with Crippen LogP contribution < -0.4 is 5.32 Å². The highest BCUT2D eigenvalue weighted by Gasteiger charge is 2.13. The quantitative estimate of drug-likeness (QED) is 0.776. The maximum atomic E-state index is 13.6. The summed E-state index contributed by atoms with van der Waals surface area (Å²) in [4.78, 5) is 4.01. The lowest BCUT2D eigenvalue weighted by Crippen LogP contribution is -2.09. The Morgan fingerprint density at radius 2 is 1.85 bits per heavy atom. The number of pyridine rings is 1. The number of hydrogen-bond acceptors (Lipinski definition) is 2. The number of benzene rings is 1. The number of rotatable bonds is 3. The molecule has 0 fully saturated rings. The van der Waals surface area contributed by atoms with Gasteiger partial charge < -0.3 is 5.32 Å². The molecule has 1 atom stereocenters. The number of anilines is 1. The van der Waals surface area contributed by atoms with Crippen molar-refractivity contribution in [2.75, 3.05) is 5.32 Å². The van der Waals surface area contributed by atoms with E-state index in [1.165, 1.54) is 6.07 Å². The van der Waals surface area contributed by atoms with Gasteiger partial charge in [0.15, 0.2) is 5.15 Å². The van der Waals surface area contributed by atoms with E-state index in [-0.39, 0.29) is 11.9 Å². The molecule has 0 aliphatic rings. The van der Waals surface area contributed by atoms with Gasteiger partial charge in [-0.1, -0.05) is 35.3 Å². The van der Waals surface area contributed by atoms with Crippen molar-refractivity contribution in [2.24, 2.45) is 0 Å². The van der Waals surface area contributed by atoms with Crippen LogP contribution in [0.1, 0.15) is 29.7 Å². The molecule has 0 amide bonds. The first-order chi connectivity index (χ1) is 9.38. The van der Waals surface area contributed by atoms with Crippen molar-refractivity contribution in [3.63, 3.8) is 0 Å². The fourth-order valence-electron chi connectivity index (χ4n) is 1.95. The van der Waals surface area contributed by atoms with Crippen molar-refractivity contribution in [1.29, 1.82) is 0 Å². The minimum atomic E-state index is -0.215. The maximum absolute atomic E-state index is 13.6. The summed E-state index contributed by atoms with van der Waals surface area (Å²) in [6, 6.07) is 6.82. The predicted molar refractivity (Wildman–Crippen MR) is 82.2 cm³/mol. The third-order valence-corrected chi connectivity index (χ3v) is 3.67. The second-order valence-electron chi connectivity index (χ2n) is 4.80. The second kappa shape index (κ2) is 5.98. The van der Waals surface area contributed by atoms with Crippen LogP contribution in [-0.4, -0.2) is 4.98 Å². The van der Waals surface area contributed by atoms with Crippen LogP contribution in [-0.2, 0) is 0 Å². The van der Waals surface area contributed by atoms with Gasteiger partial charge in [0, 0.05) is 6.04 Å². The molecule has 0 aliphatic carbocycles. The summed E-state index contributed by atoms with van der Waals surface area (Å²) in [6.07, 6.45) is 0. The lowest BCUT2D eigenvalue weighted by molar-refractivity contribution is 0.614. The van der Waals surface area contributed by atoms with Gasteiger partial charge in [-0.3, -0.25) is 0 Å². The van der Waals surface area contributed by atoms with E-state index in [0.29, 0.717) is 21.6 Å². The molecule has 0 spiro atoms. The van der Waals surface area contributed by atoms with E-state index in [4.69, 9.17) is 23.2 Å². The van der Waals surface area contributed by atoms with E-state index in [9.17, 15) is 4.39 Å². The van der Waals surface area contributed by atoms with Crippen molar-refractivity contribution in [1.82, 2.24) is 4.98 Å². The van der Waals surface area contributed by atoms with Gasteiger partial charge in [-0.25, -0.2) is 9.37 Å². The SMILES string of the molecule is Cc1ccc(C(C)Nc2c(C)cc(Cl)nc2Cl)cc1F. The first-order valence-corrected chi connectivity index (χ1v) is 6.99. The van der Waals surface area contributed by atoms with Crippen molar-refractivity contribution in [3.8, 4) is 0 Å². The van der Waals surface area contributed by atoms with Gasteiger partial charge in [0.05, 0.1) is 5.69 Å². The standard InChI is InChI=1S/C15H15Cl2FN2/c1-8-4-5-11(7-12(8)18)10(3)19-14-9(2)6-13(16)20-15(14)17/h4-7,10,19H,1-3H3. The average Bonchev–Trinajstić information content (AvgIpc) is 2.36. The summed E-state index contributed by atoms with van der Waals surface area (Å²) in [5.41, 5.74) is 3.08. The molecule has 0 bridgehead atoms. The smallest absolute Gasteiger partial charge is 0.154 e. The Morgan fingerprint density at radius 3 is 2.45 bits per heavy atom. The summed E-state index contributed by atoms with van der Waals surface area (Å²) >= 11 is 11.9. The van der Waals surface area contributed by atoms with Crippen molar-refractivity contribution >= 4 is 28.9 Å². The number of nitrogens with one attached hydrogen (secondary N) is 1. The van der Waals surface area contributed by atoms with Crippen LogP contribution in [0, 0.1) is 19.7 Å². The largest absolute Gasteiger partial charge is 0.376 e. The van der Waals surface area contributed by atoms with Gasteiger partial charge in [-0.05, 0) is 49.6 Å². The highest BCUT2D eigenvalue weighted by atomic mass is 35.5. The molecule has 5 heteroatoms. The molecule has 0 saturated heterocycles. The van der Waals surface area contributed by atoms with Crippen LogP contribution in [0.25, 0.3) is 0 Å². The highest BCUT2D eigenvalue weighted by Crippen LogP contribution is 2.30. The molecule has 0 aliphatic heterocycles. The van der Waals surface area contributed by atoms with Crippen LogP contribution in [0.15, 0.2) is 24.3 Å². The fourth-order valence-corrected chi connectivity index (χ4v) is 2.53. The molecule has 0 saturated carbocycles. The molecule has 1 N–H and O–H groups in total. The van der Waals surface area contributed by atoms with Gasteiger partial charge in [-0.15, -0.1) is 0 Å². The Balaban J connectivity index is 2.27. The molecule has 0 radical (unpaired) electrons. The first kappa shape index (κ1) is 15.1. The molecule has 2 nitrogen and oxygen atoms in total. The van der Waals surface area contributed by atoms with E-state index in [1.807, 2.05) is 19.9 Å². The Morgan fingerprint density at radius 1 is 1.15 bits per heavy atom. The summed E-state index contributed by atoms with van der Waals surface area (Å²) < 4.78 is 13.6. The Labute approximate surface area is 127 Å². The topological polar surface area (TPSA) is 24.9 Å². The van der Waals surface area contributed by atoms with Crippen LogP contribution in [0.4, 0.5) is 10.1 Å². The minimum Gasteiger partial charge on any atom is -0.376 e. The monoisotopic (exact) mass is 312 g/mol. The molecule has 20 heavy (non-hydrogen) atoms. The first-order valence-electron chi connectivity index (χ1n) is 6.23. The summed E-state index contributed by atoms with van der Waals surface area (Å²) in [7, 11) is 0. The normalized spacial score (nSPS) is 12.3. The Bertz CT molecular complexity index is 621. The van der Waals surface area contributed by atoms with Crippen molar-refractivity contribution in [2.45, 2.75) is 26.8 Å². The molecule has 1 unspecified atom stereocenters. The van der Waals surface area contributed by atoms with Crippen LogP contribution >= 0.6 is 23.2 Å². The highest BCUT2D eigenvalue weighted by molar-refractivity contribution is 6.34. The van der Waals surface area contributed by atoms with Crippen molar-refractivity contribution < 1.29 is 4.39 Å². The van der Waals surface area contributed by atoms with E-state index in [2.05, 4.69) is 10.3 Å². The van der Waals surface area contributed by atoms with Crippen LogP contribution in [0.2, 0.25) is 10.3 Å². The zero-order valence-corrected chi connectivity index (χ0v) is 13.0. The third kappa shape index (κ3) is 3.22. The van der Waals surface area contributed by atoms with Gasteiger partial charge in [0.1, 0.15) is 11.0 Å². The third-order valence-electron chi connectivity index (χ3n) is 3.20. The Hall–Kier alpha value is -1.32. The minimum absolute atomic E-state index is 0.0933. The van der Waals surface area contributed by atoms with Gasteiger partial charge >= 0.3 is 0 Å². The molecule has 1 aromatic heterocycles. The van der Waals surface area contributed by atoms with E-state index >= 15 is 0 Å². The zero-order valence-electron chi connectivity index (χ0n) is 11.5. The number of hydrogen-bond donors (Lipinski definition) is 1. The van der Waals surface area contributed by atoms with E-state index in [1.54, 1.807) is 19.1 Å². The summed E-state index contributed by atoms with van der Waals surface area (Å²) in [5, 5.41) is 3.92. The molecular weight excluding hydrogens is 298 g/mol. The second-order valence-corrected chi connectivity index (χ2v) is 5.55. The predicted octanol–water partition coefficient (Wildman–Crippen LogP) is 5.32. The molecule has 1 aromatic carbocycles. The number of halogens is 3. The Kier molecular flexibility index (Phi) is 4.51. The van der Waals surface area contributed by atoms with E-state index < -0.39 is 0 Å². The molecule has 106 valence electrons. The molecule has 2 rings (SSSR count). The number of aromatic nitrogens is 1. The lowest BCUT2D eigenvalue weighted by Gasteiger charge is -2.18. The zero-order chi connectivity index (χ0) is 14.9. The van der Waals surface area contributed by atoms with Gasteiger partial charge in [0.2, 0.25) is 0 Å². The van der Waals surface area contributed by atoms with Gasteiger partial charge in [-0.2, -0.15) is 0 Å². The average molecular weight is 313 g/mol. The maximum Gasteiger partial charge on any atom is 0.154 e. The summed E-state index contributed by atoms with van der Waals surface area (Å²) in [5.74, 6) is -0.215. The number of nitrogens with zero attached hydrogens (tertiary/aromatic N) is 1. The van der Waals surface area contributed by atoms with E-state index in [0.717, 1.165) is 11.1 Å². The fraction of sp³-hybridized carbons (Fsp3) is 0.267. The van der Waals surface area contributed by atoms with Crippen LogP contribution in [0.5, 0.6) is 0 Å². The molecular formula is C15H15Cl2FN2. The van der Waals surface area contributed by atoms with Crippen molar-refractivity contribution in [3.05, 3.63) is 57.1 Å². The molecule has 1 heterocycles. The lowest BCUT2D eigenvalue weighted by atomic mass is 10.1. The number of aryl methyl sites for hydroxylation is 2.